The van der Waals surface area contributed by atoms with Crippen molar-refractivity contribution in [1.82, 2.24) is 14.8 Å². The van der Waals surface area contributed by atoms with Gasteiger partial charge < -0.3 is 0 Å². The smallest absolute Gasteiger partial charge is 0.0743 e. The van der Waals surface area contributed by atoms with E-state index in [2.05, 4.69) is 51.7 Å². The van der Waals surface area contributed by atoms with Crippen molar-refractivity contribution >= 4 is 10.9 Å². The van der Waals surface area contributed by atoms with Gasteiger partial charge in [0.2, 0.25) is 0 Å². The first-order valence-electron chi connectivity index (χ1n) is 8.34. The zero-order chi connectivity index (χ0) is 16.9. The fourth-order valence-electron chi connectivity index (χ4n) is 3.92. The van der Waals surface area contributed by atoms with Crippen LogP contribution in [0, 0.1) is 31.1 Å². The van der Waals surface area contributed by atoms with Gasteiger partial charge in [-0.2, -0.15) is 5.10 Å². The number of nitriles is 1. The monoisotopic (exact) mass is 316 g/mol. The lowest BCUT2D eigenvalue weighted by atomic mass is 10.1. The van der Waals surface area contributed by atoms with Gasteiger partial charge in [-0.3, -0.25) is 4.98 Å². The summed E-state index contributed by atoms with van der Waals surface area (Å²) in [6.45, 7) is 7.57. The van der Waals surface area contributed by atoms with E-state index in [-0.39, 0.29) is 0 Å². The zero-order valence-corrected chi connectivity index (χ0v) is 14.0. The van der Waals surface area contributed by atoms with Crippen molar-refractivity contribution in [3.8, 4) is 12.3 Å². The summed E-state index contributed by atoms with van der Waals surface area (Å²) < 4.78 is 2.06. The Morgan fingerprint density at radius 3 is 2.46 bits per heavy atom. The molecule has 24 heavy (non-hydrogen) atoms. The normalized spacial score (nSPS) is 19.8. The Labute approximate surface area is 141 Å². The fourth-order valence-corrected chi connectivity index (χ4v) is 3.92. The van der Waals surface area contributed by atoms with Crippen molar-refractivity contribution < 1.29 is 0 Å². The number of hydrogen-bond donors (Lipinski definition) is 0. The van der Waals surface area contributed by atoms with E-state index in [0.29, 0.717) is 5.41 Å². The number of rotatable bonds is 2. The second kappa shape index (κ2) is 5.17. The minimum absolute atomic E-state index is 0.697. The molecule has 0 saturated heterocycles. The average molecular weight is 316 g/mol. The molecular formula is C20H20N4. The molecule has 0 amide bonds. The van der Waals surface area contributed by atoms with Crippen LogP contribution in [0.2, 0.25) is 0 Å². The standard InChI is InChI=1S/C19H19N3.CHN/c1-12-7-16(8-13(2)21-12)22-18-9-14(3-4-15(18)11-20-22)17-10-19(17)5-6-19;1-2/h3-4,7-9,11,17H,5-6,10H2,1-2H3;1H/t17-;/m0./s1. The molecule has 1 spiro atoms. The molecule has 5 rings (SSSR count). The molecular weight excluding hydrogens is 296 g/mol. The molecule has 2 fully saturated rings. The van der Waals surface area contributed by atoms with E-state index < -0.39 is 0 Å². The molecule has 2 aliphatic rings. The fraction of sp³-hybridized carbons (Fsp3) is 0.350. The van der Waals surface area contributed by atoms with Gasteiger partial charge in [-0.25, -0.2) is 9.94 Å². The van der Waals surface area contributed by atoms with Crippen LogP contribution in [0.5, 0.6) is 0 Å². The van der Waals surface area contributed by atoms with Crippen LogP contribution in [0.3, 0.4) is 0 Å². The lowest BCUT2D eigenvalue weighted by Gasteiger charge is -2.07. The molecule has 0 radical (unpaired) electrons. The Bertz CT molecular complexity index is 926. The topological polar surface area (TPSA) is 54.5 Å². The van der Waals surface area contributed by atoms with E-state index in [1.807, 2.05) is 20.0 Å². The average Bonchev–Trinajstić information content (AvgIpc) is 3.47. The third-order valence-electron chi connectivity index (χ3n) is 5.39. The van der Waals surface area contributed by atoms with E-state index in [0.717, 1.165) is 23.0 Å². The molecule has 4 heteroatoms. The largest absolute Gasteiger partial charge is 0.258 e. The lowest BCUT2D eigenvalue weighted by Crippen LogP contribution is -1.99. The van der Waals surface area contributed by atoms with Gasteiger partial charge in [0.15, 0.2) is 0 Å². The quantitative estimate of drug-likeness (QED) is 0.702. The summed E-state index contributed by atoms with van der Waals surface area (Å²) in [5, 5.41) is 12.3. The molecule has 2 aromatic heterocycles. The van der Waals surface area contributed by atoms with Crippen LogP contribution in [0.25, 0.3) is 16.6 Å². The highest BCUT2D eigenvalue weighted by Gasteiger charge is 2.62. The van der Waals surface area contributed by atoms with Crippen molar-refractivity contribution in [3.63, 3.8) is 0 Å². The van der Waals surface area contributed by atoms with E-state index in [4.69, 9.17) is 5.26 Å². The SMILES string of the molecule is C#N.Cc1cc(-n2ncc3ccc([C@@H]4CC45CC5)cc32)cc(C)n1. The molecule has 1 atom stereocenters. The van der Waals surface area contributed by atoms with Crippen LogP contribution in [-0.4, -0.2) is 14.8 Å². The van der Waals surface area contributed by atoms with Crippen LogP contribution in [-0.2, 0) is 0 Å². The molecule has 2 aliphatic carbocycles. The maximum Gasteiger partial charge on any atom is 0.0743 e. The first kappa shape index (κ1) is 14.9. The zero-order valence-electron chi connectivity index (χ0n) is 14.0. The van der Waals surface area contributed by atoms with Gasteiger partial charge >= 0.3 is 0 Å². The molecule has 0 N–H and O–H groups in total. The van der Waals surface area contributed by atoms with Crippen LogP contribution in [0.4, 0.5) is 0 Å². The summed E-state index contributed by atoms with van der Waals surface area (Å²) in [6.07, 6.45) is 6.21. The summed E-state index contributed by atoms with van der Waals surface area (Å²) in [5.74, 6) is 0.793. The molecule has 2 saturated carbocycles. The number of fused-ring (bicyclic) bond motifs is 1. The van der Waals surface area contributed by atoms with E-state index >= 15 is 0 Å². The van der Waals surface area contributed by atoms with Crippen LogP contribution >= 0.6 is 0 Å². The van der Waals surface area contributed by atoms with Crippen molar-refractivity contribution in [2.45, 2.75) is 39.0 Å². The van der Waals surface area contributed by atoms with Gasteiger partial charge in [0, 0.05) is 23.3 Å². The molecule has 120 valence electrons. The van der Waals surface area contributed by atoms with Crippen molar-refractivity contribution in [1.29, 1.82) is 5.26 Å². The molecule has 4 nitrogen and oxygen atoms in total. The van der Waals surface area contributed by atoms with Gasteiger partial charge in [0.25, 0.3) is 0 Å². The van der Waals surface area contributed by atoms with Crippen LogP contribution in [0.1, 0.15) is 42.1 Å². The molecule has 1 aromatic carbocycles. The number of nitrogens with zero attached hydrogens (tertiary/aromatic N) is 4. The number of hydrogen-bond acceptors (Lipinski definition) is 3. The van der Waals surface area contributed by atoms with Gasteiger partial charge in [-0.15, -0.1) is 0 Å². The molecule has 0 unspecified atom stereocenters. The predicted octanol–water partition coefficient (Wildman–Crippen LogP) is 4.44. The first-order chi connectivity index (χ1) is 11.6. The van der Waals surface area contributed by atoms with Gasteiger partial charge in [-0.1, -0.05) is 12.1 Å². The minimum Gasteiger partial charge on any atom is -0.258 e. The third kappa shape index (κ3) is 2.28. The second-order valence-corrected chi connectivity index (χ2v) is 7.10. The molecule has 3 aromatic rings. The summed E-state index contributed by atoms with van der Waals surface area (Å²) in [7, 11) is 0. The van der Waals surface area contributed by atoms with Crippen molar-refractivity contribution in [2.24, 2.45) is 5.41 Å². The third-order valence-corrected chi connectivity index (χ3v) is 5.39. The van der Waals surface area contributed by atoms with Crippen LogP contribution < -0.4 is 0 Å². The predicted molar refractivity (Wildman–Crippen MR) is 94.0 cm³/mol. The summed E-state index contributed by atoms with van der Waals surface area (Å²) >= 11 is 0. The Morgan fingerprint density at radius 2 is 1.83 bits per heavy atom. The molecule has 2 heterocycles. The molecule has 0 bridgehead atoms. The Hall–Kier alpha value is -2.67. The summed E-state index contributed by atoms with van der Waals surface area (Å²) in [4.78, 5) is 4.47. The number of pyridine rings is 1. The van der Waals surface area contributed by atoms with E-state index in [9.17, 15) is 0 Å². The maximum absolute atomic E-state index is 6.50. The van der Waals surface area contributed by atoms with Gasteiger partial charge in [0.05, 0.1) is 17.4 Å². The number of aryl methyl sites for hydroxylation is 2. The Balaban J connectivity index is 0.000000704. The van der Waals surface area contributed by atoms with Crippen molar-refractivity contribution in [3.05, 3.63) is 53.5 Å². The highest BCUT2D eigenvalue weighted by Crippen LogP contribution is 2.75. The summed E-state index contributed by atoms with van der Waals surface area (Å²) in [5.41, 5.74) is 6.58. The summed E-state index contributed by atoms with van der Waals surface area (Å²) in [6, 6.07) is 11.1. The lowest BCUT2D eigenvalue weighted by molar-refractivity contribution is 0.839. The van der Waals surface area contributed by atoms with Crippen molar-refractivity contribution in [2.75, 3.05) is 0 Å². The van der Waals surface area contributed by atoms with E-state index in [1.165, 1.54) is 35.7 Å². The second-order valence-electron chi connectivity index (χ2n) is 7.10. The highest BCUT2D eigenvalue weighted by molar-refractivity contribution is 5.81. The van der Waals surface area contributed by atoms with Crippen LogP contribution in [0.15, 0.2) is 36.5 Å². The highest BCUT2D eigenvalue weighted by atomic mass is 15.3. The Kier molecular flexibility index (Phi) is 3.21. The van der Waals surface area contributed by atoms with Gasteiger partial charge in [0.1, 0.15) is 0 Å². The maximum atomic E-state index is 6.50. The first-order valence-corrected chi connectivity index (χ1v) is 8.34. The number of aromatic nitrogens is 3. The number of benzene rings is 1. The van der Waals surface area contributed by atoms with E-state index in [1.54, 1.807) is 0 Å². The Morgan fingerprint density at radius 1 is 1.12 bits per heavy atom. The molecule has 0 aliphatic heterocycles. The minimum atomic E-state index is 0.697. The van der Waals surface area contributed by atoms with Gasteiger partial charge in [-0.05, 0) is 68.2 Å².